The molecule has 0 radical (unpaired) electrons. The molecule has 1 aliphatic rings. The van der Waals surface area contributed by atoms with E-state index in [1.165, 1.54) is 6.92 Å². The Bertz CT molecular complexity index is 522. The number of hydrogen-bond donors (Lipinski definition) is 2. The smallest absolute Gasteiger partial charge is 0.322 e. The zero-order valence-electron chi connectivity index (χ0n) is 11.8. The number of rotatable bonds is 4. The number of urea groups is 1. The molecule has 1 aromatic rings. The number of benzene rings is 1. The summed E-state index contributed by atoms with van der Waals surface area (Å²) in [6.07, 6.45) is 1.60. The number of hydrogen-bond acceptors (Lipinski definition) is 3. The highest BCUT2D eigenvalue weighted by atomic mass is 16.3. The second-order valence-electron chi connectivity index (χ2n) is 5.40. The van der Waals surface area contributed by atoms with Crippen LogP contribution in [0.15, 0.2) is 24.3 Å². The van der Waals surface area contributed by atoms with Crippen molar-refractivity contribution in [1.82, 2.24) is 4.90 Å². The summed E-state index contributed by atoms with van der Waals surface area (Å²) in [5.41, 5.74) is 0.426. The number of nitrogens with one attached hydrogen (secondary N) is 1. The molecule has 0 unspecified atom stereocenters. The minimum atomic E-state index is -0.729. The van der Waals surface area contributed by atoms with Crippen LogP contribution in [0.1, 0.15) is 37.0 Å². The fourth-order valence-electron chi connectivity index (χ4n) is 2.45. The van der Waals surface area contributed by atoms with Gasteiger partial charge >= 0.3 is 6.03 Å². The number of anilines is 1. The van der Waals surface area contributed by atoms with Crippen molar-refractivity contribution in [1.29, 1.82) is 0 Å². The van der Waals surface area contributed by atoms with Crippen LogP contribution in [0.4, 0.5) is 10.5 Å². The number of amides is 2. The first kappa shape index (κ1) is 14.5. The van der Waals surface area contributed by atoms with Gasteiger partial charge in [-0.15, -0.1) is 0 Å². The zero-order chi connectivity index (χ0) is 14.8. The molecule has 2 amide bonds. The molecule has 1 aromatic carbocycles. The van der Waals surface area contributed by atoms with Crippen LogP contribution in [0, 0.1) is 0 Å². The predicted molar refractivity (Wildman–Crippen MR) is 76.9 cm³/mol. The average molecular weight is 276 g/mol. The van der Waals surface area contributed by atoms with Gasteiger partial charge in [0.2, 0.25) is 0 Å². The molecular formula is C15H20N2O3. The number of nitrogens with zero attached hydrogens (tertiary/aromatic N) is 1. The Hall–Kier alpha value is -1.88. The van der Waals surface area contributed by atoms with E-state index in [4.69, 9.17) is 0 Å². The number of Topliss-reactive ketones (excluding diaryl/α,β-unsaturated/α-hetero) is 1. The Labute approximate surface area is 118 Å². The molecule has 1 fully saturated rings. The van der Waals surface area contributed by atoms with Gasteiger partial charge in [-0.05, 0) is 25.5 Å². The quantitative estimate of drug-likeness (QED) is 0.829. The molecule has 1 heterocycles. The molecule has 0 aliphatic carbocycles. The lowest BCUT2D eigenvalue weighted by molar-refractivity contribution is -0.0792. The number of carbonyl (C=O) groups is 2. The molecule has 108 valence electrons. The van der Waals surface area contributed by atoms with Crippen molar-refractivity contribution in [3.8, 4) is 0 Å². The molecule has 0 spiro atoms. The van der Waals surface area contributed by atoms with E-state index in [9.17, 15) is 14.7 Å². The van der Waals surface area contributed by atoms with E-state index in [0.29, 0.717) is 30.8 Å². The van der Waals surface area contributed by atoms with Crippen molar-refractivity contribution in [3.05, 3.63) is 29.8 Å². The van der Waals surface area contributed by atoms with Gasteiger partial charge in [-0.3, -0.25) is 4.79 Å². The Morgan fingerprint density at radius 1 is 1.40 bits per heavy atom. The van der Waals surface area contributed by atoms with Gasteiger partial charge in [0.25, 0.3) is 0 Å². The van der Waals surface area contributed by atoms with Crippen molar-refractivity contribution >= 4 is 17.5 Å². The normalized spacial score (nSPS) is 16.4. The van der Waals surface area contributed by atoms with Crippen LogP contribution in [0.25, 0.3) is 0 Å². The summed E-state index contributed by atoms with van der Waals surface area (Å²) in [7, 11) is 0. The number of β-amino-alcohol motifs (C(OH)–C–C–N with tert-alkyl or cyclic N) is 1. The standard InChI is InChI=1S/C15H20N2O3/c1-3-7-15(20)9-17(10-15)14(19)16-13-6-4-5-12(8-13)11(2)18/h4-6,8,20H,3,7,9-10H2,1-2H3,(H,16,19). The number of carbonyl (C=O) groups excluding carboxylic acids is 2. The molecule has 2 rings (SSSR count). The molecular weight excluding hydrogens is 256 g/mol. The maximum Gasteiger partial charge on any atom is 0.322 e. The SMILES string of the molecule is CCCC1(O)CN(C(=O)Nc2cccc(C(C)=O)c2)C1. The van der Waals surface area contributed by atoms with E-state index in [2.05, 4.69) is 5.32 Å². The lowest BCUT2D eigenvalue weighted by Crippen LogP contribution is -2.64. The van der Waals surface area contributed by atoms with Crippen LogP contribution >= 0.6 is 0 Å². The summed E-state index contributed by atoms with van der Waals surface area (Å²) in [4.78, 5) is 24.8. The van der Waals surface area contributed by atoms with Crippen molar-refractivity contribution in [2.24, 2.45) is 0 Å². The van der Waals surface area contributed by atoms with E-state index < -0.39 is 5.60 Å². The molecule has 1 saturated heterocycles. The molecule has 0 aromatic heterocycles. The molecule has 0 atom stereocenters. The molecule has 0 bridgehead atoms. The van der Waals surface area contributed by atoms with Gasteiger partial charge in [0.1, 0.15) is 0 Å². The highest BCUT2D eigenvalue weighted by molar-refractivity contribution is 5.96. The van der Waals surface area contributed by atoms with E-state index >= 15 is 0 Å². The fraction of sp³-hybridized carbons (Fsp3) is 0.467. The first-order valence-electron chi connectivity index (χ1n) is 6.83. The Balaban J connectivity index is 1.93. The highest BCUT2D eigenvalue weighted by Gasteiger charge is 2.42. The van der Waals surface area contributed by atoms with Crippen LogP contribution in [-0.2, 0) is 0 Å². The van der Waals surface area contributed by atoms with Crippen molar-refractivity contribution in [2.75, 3.05) is 18.4 Å². The Morgan fingerprint density at radius 2 is 2.10 bits per heavy atom. The summed E-state index contributed by atoms with van der Waals surface area (Å²) in [5.74, 6) is -0.0395. The summed E-state index contributed by atoms with van der Waals surface area (Å²) in [6, 6.07) is 6.59. The monoisotopic (exact) mass is 276 g/mol. The second-order valence-corrected chi connectivity index (χ2v) is 5.40. The minimum absolute atomic E-state index is 0.0395. The van der Waals surface area contributed by atoms with Crippen LogP contribution in [0.2, 0.25) is 0 Å². The second kappa shape index (κ2) is 5.63. The van der Waals surface area contributed by atoms with E-state index in [-0.39, 0.29) is 11.8 Å². The maximum absolute atomic E-state index is 12.0. The van der Waals surface area contributed by atoms with E-state index in [1.807, 2.05) is 6.92 Å². The van der Waals surface area contributed by atoms with Crippen LogP contribution in [-0.4, -0.2) is 40.5 Å². The third kappa shape index (κ3) is 3.17. The van der Waals surface area contributed by atoms with Gasteiger partial charge < -0.3 is 15.3 Å². The summed E-state index contributed by atoms with van der Waals surface area (Å²) >= 11 is 0. The van der Waals surface area contributed by atoms with Gasteiger partial charge in [0.15, 0.2) is 5.78 Å². The van der Waals surface area contributed by atoms with E-state index in [0.717, 1.165) is 6.42 Å². The zero-order valence-corrected chi connectivity index (χ0v) is 11.8. The molecule has 2 N–H and O–H groups in total. The van der Waals surface area contributed by atoms with Crippen LogP contribution in [0.5, 0.6) is 0 Å². The molecule has 5 heteroatoms. The number of aliphatic hydroxyl groups is 1. The van der Waals surface area contributed by atoms with Gasteiger partial charge in [0, 0.05) is 11.3 Å². The minimum Gasteiger partial charge on any atom is -0.386 e. The summed E-state index contributed by atoms with van der Waals surface area (Å²) in [6.45, 7) is 4.22. The maximum atomic E-state index is 12.0. The molecule has 1 aliphatic heterocycles. The first-order valence-corrected chi connectivity index (χ1v) is 6.83. The van der Waals surface area contributed by atoms with Crippen molar-refractivity contribution in [2.45, 2.75) is 32.3 Å². The molecule has 0 saturated carbocycles. The van der Waals surface area contributed by atoms with Crippen molar-refractivity contribution < 1.29 is 14.7 Å². The Morgan fingerprint density at radius 3 is 2.70 bits per heavy atom. The first-order chi connectivity index (χ1) is 9.43. The lowest BCUT2D eigenvalue weighted by atomic mass is 9.90. The van der Waals surface area contributed by atoms with Gasteiger partial charge in [-0.1, -0.05) is 25.5 Å². The third-order valence-corrected chi connectivity index (χ3v) is 3.49. The predicted octanol–water partition coefficient (Wildman–Crippen LogP) is 2.27. The topological polar surface area (TPSA) is 69.6 Å². The van der Waals surface area contributed by atoms with Gasteiger partial charge in [0.05, 0.1) is 18.7 Å². The Kier molecular flexibility index (Phi) is 4.09. The van der Waals surface area contributed by atoms with Gasteiger partial charge in [-0.2, -0.15) is 0 Å². The van der Waals surface area contributed by atoms with Crippen molar-refractivity contribution in [3.63, 3.8) is 0 Å². The summed E-state index contributed by atoms with van der Waals surface area (Å²) in [5, 5.41) is 12.8. The largest absolute Gasteiger partial charge is 0.386 e. The summed E-state index contributed by atoms with van der Waals surface area (Å²) < 4.78 is 0. The third-order valence-electron chi connectivity index (χ3n) is 3.49. The molecule has 20 heavy (non-hydrogen) atoms. The van der Waals surface area contributed by atoms with Crippen LogP contribution in [0.3, 0.4) is 0 Å². The fourth-order valence-corrected chi connectivity index (χ4v) is 2.45. The van der Waals surface area contributed by atoms with E-state index in [1.54, 1.807) is 29.2 Å². The molecule has 5 nitrogen and oxygen atoms in total. The number of ketones is 1. The average Bonchev–Trinajstić information content (AvgIpc) is 2.36. The van der Waals surface area contributed by atoms with Gasteiger partial charge in [-0.25, -0.2) is 4.79 Å². The number of likely N-dealkylation sites (tertiary alicyclic amines) is 1. The highest BCUT2D eigenvalue weighted by Crippen LogP contribution is 2.26. The lowest BCUT2D eigenvalue weighted by Gasteiger charge is -2.46. The van der Waals surface area contributed by atoms with Crippen LogP contribution < -0.4 is 5.32 Å².